The lowest BCUT2D eigenvalue weighted by atomic mass is 9.76. The van der Waals surface area contributed by atoms with Crippen LogP contribution >= 0.6 is 0 Å². The molecule has 6 nitrogen and oxygen atoms in total. The molecule has 128 valence electrons. The monoisotopic (exact) mass is 314 g/mol. The van der Waals surface area contributed by atoms with E-state index in [9.17, 15) is 4.79 Å². The van der Waals surface area contributed by atoms with Gasteiger partial charge < -0.3 is 15.7 Å². The van der Waals surface area contributed by atoms with Gasteiger partial charge in [0.25, 0.3) is 0 Å². The SMILES string of the molecule is CC(C)(C)OC(=O)[N+](C)(C)C1CCC(CC(N)=NO)C1(C)C. The van der Waals surface area contributed by atoms with Gasteiger partial charge in [0, 0.05) is 18.3 Å². The summed E-state index contributed by atoms with van der Waals surface area (Å²) in [6, 6.07) is 0.138. The molecule has 0 aliphatic heterocycles. The summed E-state index contributed by atoms with van der Waals surface area (Å²) in [6.07, 6.45) is 2.21. The van der Waals surface area contributed by atoms with Crippen LogP contribution in [0.2, 0.25) is 0 Å². The van der Waals surface area contributed by atoms with Crippen molar-refractivity contribution in [3.8, 4) is 0 Å². The number of nitrogens with two attached hydrogens (primary N) is 1. The third-order valence-electron chi connectivity index (χ3n) is 4.93. The molecule has 1 amide bonds. The molecule has 0 heterocycles. The summed E-state index contributed by atoms with van der Waals surface area (Å²) in [6.45, 7) is 9.96. The van der Waals surface area contributed by atoms with Crippen LogP contribution in [0.3, 0.4) is 0 Å². The average molecular weight is 314 g/mol. The van der Waals surface area contributed by atoms with Gasteiger partial charge in [0.15, 0.2) is 0 Å². The summed E-state index contributed by atoms with van der Waals surface area (Å²) in [7, 11) is 3.82. The number of hydrogen-bond acceptors (Lipinski definition) is 4. The predicted octanol–water partition coefficient (Wildman–Crippen LogP) is 2.94. The first kappa shape index (κ1) is 18.7. The number of amides is 1. The highest BCUT2D eigenvalue weighted by Gasteiger charge is 2.54. The van der Waals surface area contributed by atoms with Crippen LogP contribution in [-0.2, 0) is 4.74 Å². The highest BCUT2D eigenvalue weighted by Crippen LogP contribution is 2.48. The maximum absolute atomic E-state index is 12.6. The maximum Gasteiger partial charge on any atom is 0.516 e. The second-order valence-electron chi connectivity index (χ2n) is 8.43. The summed E-state index contributed by atoms with van der Waals surface area (Å²) >= 11 is 0. The Morgan fingerprint density at radius 1 is 1.36 bits per heavy atom. The largest absolute Gasteiger partial charge is 0.516 e. The molecule has 0 spiro atoms. The molecule has 1 aliphatic rings. The fraction of sp³-hybridized carbons (Fsp3) is 0.875. The number of hydrogen-bond donors (Lipinski definition) is 2. The average Bonchev–Trinajstić information content (AvgIpc) is 2.63. The summed E-state index contributed by atoms with van der Waals surface area (Å²) in [4.78, 5) is 12.6. The molecule has 0 saturated heterocycles. The zero-order valence-electron chi connectivity index (χ0n) is 15.0. The zero-order valence-corrected chi connectivity index (χ0v) is 15.0. The summed E-state index contributed by atoms with van der Waals surface area (Å²) in [5, 5.41) is 11.9. The van der Waals surface area contributed by atoms with Crippen molar-refractivity contribution in [3.63, 3.8) is 0 Å². The van der Waals surface area contributed by atoms with E-state index in [2.05, 4.69) is 19.0 Å². The quantitative estimate of drug-likeness (QED) is 0.276. The van der Waals surface area contributed by atoms with E-state index in [0.29, 0.717) is 6.42 Å². The molecule has 0 radical (unpaired) electrons. The van der Waals surface area contributed by atoms with E-state index in [1.165, 1.54) is 0 Å². The Bertz CT molecular complexity index is 450. The van der Waals surface area contributed by atoms with E-state index in [1.807, 2.05) is 34.9 Å². The minimum Gasteiger partial charge on any atom is -0.414 e. The minimum absolute atomic E-state index is 0.101. The molecule has 0 bridgehead atoms. The number of carbonyl (C=O) groups excluding carboxylic acids is 1. The lowest BCUT2D eigenvalue weighted by Gasteiger charge is -2.42. The molecule has 0 aromatic carbocycles. The Labute approximate surface area is 133 Å². The zero-order chi connectivity index (χ0) is 17.3. The van der Waals surface area contributed by atoms with Crippen molar-refractivity contribution in [2.45, 2.75) is 65.5 Å². The molecule has 0 aromatic rings. The second kappa shape index (κ2) is 6.07. The maximum atomic E-state index is 12.6. The van der Waals surface area contributed by atoms with Crippen molar-refractivity contribution in [1.29, 1.82) is 0 Å². The molecule has 1 fully saturated rings. The lowest BCUT2D eigenvalue weighted by molar-refractivity contribution is -0.852. The number of amidine groups is 1. The first-order chi connectivity index (χ1) is 9.82. The number of quaternary nitrogens is 1. The molecule has 0 aromatic heterocycles. The van der Waals surface area contributed by atoms with E-state index in [0.717, 1.165) is 12.8 Å². The topological polar surface area (TPSA) is 84.9 Å². The van der Waals surface area contributed by atoms with Gasteiger partial charge in [-0.05, 0) is 33.1 Å². The van der Waals surface area contributed by atoms with Gasteiger partial charge in [-0.3, -0.25) is 0 Å². The first-order valence-corrected chi connectivity index (χ1v) is 7.86. The minimum atomic E-state index is -0.497. The van der Waals surface area contributed by atoms with Crippen LogP contribution in [0.1, 0.15) is 53.9 Å². The number of ether oxygens (including phenoxy) is 1. The number of carbonyl (C=O) groups is 1. The van der Waals surface area contributed by atoms with Crippen LogP contribution in [0.15, 0.2) is 5.16 Å². The molecular weight excluding hydrogens is 282 g/mol. The van der Waals surface area contributed by atoms with Crippen LogP contribution in [-0.4, -0.2) is 47.4 Å². The van der Waals surface area contributed by atoms with E-state index >= 15 is 0 Å². The van der Waals surface area contributed by atoms with Crippen molar-refractivity contribution in [2.24, 2.45) is 22.2 Å². The standard InChI is InChI=1S/C16H31N3O3/c1-15(2,3)22-14(20)19(6,7)12-9-8-11(16(12,4)5)10-13(17)18-21/h11-12H,8-10H2,1-7H3,(H2-,17,18,21)/p+1. The van der Waals surface area contributed by atoms with Gasteiger partial charge >= 0.3 is 6.09 Å². The molecule has 1 saturated carbocycles. The molecule has 2 unspecified atom stereocenters. The Hall–Kier alpha value is -1.30. The van der Waals surface area contributed by atoms with Crippen molar-refractivity contribution in [2.75, 3.05) is 14.1 Å². The first-order valence-electron chi connectivity index (χ1n) is 7.86. The highest BCUT2D eigenvalue weighted by molar-refractivity contribution is 5.79. The van der Waals surface area contributed by atoms with Crippen molar-refractivity contribution in [1.82, 2.24) is 0 Å². The molecule has 2 atom stereocenters. The lowest BCUT2D eigenvalue weighted by Crippen LogP contribution is -2.59. The van der Waals surface area contributed by atoms with Crippen LogP contribution in [0.4, 0.5) is 4.79 Å². The number of rotatable bonds is 3. The van der Waals surface area contributed by atoms with Gasteiger partial charge in [0.05, 0.1) is 14.1 Å². The van der Waals surface area contributed by atoms with Crippen LogP contribution in [0.5, 0.6) is 0 Å². The van der Waals surface area contributed by atoms with Gasteiger partial charge in [-0.15, -0.1) is 0 Å². The van der Waals surface area contributed by atoms with Gasteiger partial charge in [-0.1, -0.05) is 19.0 Å². The van der Waals surface area contributed by atoms with Crippen LogP contribution in [0, 0.1) is 11.3 Å². The van der Waals surface area contributed by atoms with Crippen molar-refractivity contribution < 1.29 is 19.2 Å². The van der Waals surface area contributed by atoms with E-state index < -0.39 is 5.60 Å². The summed E-state index contributed by atoms with van der Waals surface area (Å²) in [5.41, 5.74) is 5.08. The van der Waals surface area contributed by atoms with Gasteiger partial charge in [-0.25, -0.2) is 4.48 Å². The third kappa shape index (κ3) is 3.91. The van der Waals surface area contributed by atoms with E-state index in [-0.39, 0.29) is 33.8 Å². The van der Waals surface area contributed by atoms with Crippen molar-refractivity contribution >= 4 is 11.9 Å². The van der Waals surface area contributed by atoms with Crippen LogP contribution < -0.4 is 5.73 Å². The highest BCUT2D eigenvalue weighted by atomic mass is 16.6. The Morgan fingerprint density at radius 2 is 1.91 bits per heavy atom. The molecule has 6 heteroatoms. The fourth-order valence-corrected chi connectivity index (χ4v) is 3.69. The van der Waals surface area contributed by atoms with E-state index in [4.69, 9.17) is 15.7 Å². The van der Waals surface area contributed by atoms with Gasteiger partial charge in [0.2, 0.25) is 0 Å². The Balaban J connectivity index is 2.94. The molecule has 3 N–H and O–H groups in total. The van der Waals surface area contributed by atoms with Crippen molar-refractivity contribution in [3.05, 3.63) is 0 Å². The molecule has 22 heavy (non-hydrogen) atoms. The Morgan fingerprint density at radius 3 is 2.36 bits per heavy atom. The van der Waals surface area contributed by atoms with E-state index in [1.54, 1.807) is 0 Å². The van der Waals surface area contributed by atoms with Gasteiger partial charge in [0.1, 0.15) is 17.5 Å². The Kier molecular flexibility index (Phi) is 5.17. The van der Waals surface area contributed by atoms with Crippen LogP contribution in [0.25, 0.3) is 0 Å². The summed E-state index contributed by atoms with van der Waals surface area (Å²) < 4.78 is 5.78. The smallest absolute Gasteiger partial charge is 0.414 e. The second-order valence-corrected chi connectivity index (χ2v) is 8.43. The number of oxime groups is 1. The molecule has 1 aliphatic carbocycles. The van der Waals surface area contributed by atoms with Gasteiger partial charge in [-0.2, -0.15) is 4.79 Å². The molecule has 1 rings (SSSR count). The fourth-order valence-electron chi connectivity index (χ4n) is 3.69. The predicted molar refractivity (Wildman–Crippen MR) is 86.7 cm³/mol. The number of nitrogens with zero attached hydrogens (tertiary/aromatic N) is 2. The normalized spacial score (nSPS) is 26.0. The molecular formula is C16H32N3O3+. The summed E-state index contributed by atoms with van der Waals surface area (Å²) in [5.74, 6) is 0.537. The third-order valence-corrected chi connectivity index (χ3v) is 4.93.